The van der Waals surface area contributed by atoms with Gasteiger partial charge in [-0.2, -0.15) is 0 Å². The molecule has 2 atom stereocenters. The Morgan fingerprint density at radius 2 is 0.778 bits per heavy atom. The fourth-order valence-corrected chi connectivity index (χ4v) is 9.34. The topological polar surface area (TPSA) is 111 Å². The molecule has 0 N–H and O–H groups in total. The number of nitrogens with zero attached hydrogens (tertiary/aromatic N) is 1. The summed E-state index contributed by atoms with van der Waals surface area (Å²) in [6.45, 7) is 4.17. The lowest BCUT2D eigenvalue weighted by atomic mass is 10.0. The number of rotatable bonds is 56. The molecule has 0 spiro atoms. The van der Waals surface area contributed by atoms with E-state index in [0.29, 0.717) is 23.9 Å². The number of ether oxygens (including phenoxy) is 2. The summed E-state index contributed by atoms with van der Waals surface area (Å²) in [4.78, 5) is 37.8. The number of allylic oxidation sites excluding steroid dienone is 8. The Morgan fingerprint density at radius 3 is 1.15 bits per heavy atom. The lowest BCUT2D eigenvalue weighted by molar-refractivity contribution is -0.870. The molecule has 0 aromatic rings. The van der Waals surface area contributed by atoms with Crippen LogP contribution in [0.3, 0.4) is 0 Å². The lowest BCUT2D eigenvalue weighted by Gasteiger charge is -2.28. The quantitative estimate of drug-likeness (QED) is 0.0195. The molecule has 2 unspecified atom stereocenters. The number of phosphoric acid groups is 1. The van der Waals surface area contributed by atoms with E-state index in [0.717, 1.165) is 64.2 Å². The van der Waals surface area contributed by atoms with Crippen LogP contribution in [0.2, 0.25) is 0 Å². The molecule has 0 bridgehead atoms. The van der Waals surface area contributed by atoms with Gasteiger partial charge in [-0.1, -0.05) is 249 Å². The Labute approximate surface area is 445 Å². The molecule has 0 saturated heterocycles. The van der Waals surface area contributed by atoms with Crippen LogP contribution >= 0.6 is 7.82 Å². The van der Waals surface area contributed by atoms with E-state index in [1.54, 1.807) is 0 Å². The first kappa shape index (κ1) is 70.0. The normalized spacial score (nSPS) is 13.6. The van der Waals surface area contributed by atoms with Crippen molar-refractivity contribution in [1.29, 1.82) is 0 Å². The minimum atomic E-state index is -4.63. The van der Waals surface area contributed by atoms with Gasteiger partial charge in [0, 0.05) is 12.8 Å². The van der Waals surface area contributed by atoms with Crippen molar-refractivity contribution in [3.8, 4) is 0 Å². The van der Waals surface area contributed by atoms with Gasteiger partial charge in [0.1, 0.15) is 19.8 Å². The van der Waals surface area contributed by atoms with Crippen LogP contribution in [-0.2, 0) is 32.7 Å². The van der Waals surface area contributed by atoms with Gasteiger partial charge in [-0.3, -0.25) is 14.2 Å². The van der Waals surface area contributed by atoms with Crippen molar-refractivity contribution in [1.82, 2.24) is 0 Å². The number of likely N-dealkylation sites (N-methyl/N-ethyl adjacent to an activating group) is 1. The zero-order valence-electron chi connectivity index (χ0n) is 47.9. The minimum absolute atomic E-state index is 0.0324. The molecule has 0 rings (SSSR count). The summed E-state index contributed by atoms with van der Waals surface area (Å²) in [6.07, 6.45) is 67.6. The van der Waals surface area contributed by atoms with Gasteiger partial charge >= 0.3 is 11.9 Å². The first-order valence-electron chi connectivity index (χ1n) is 30.3. The van der Waals surface area contributed by atoms with Crippen molar-refractivity contribution in [2.75, 3.05) is 47.5 Å². The fourth-order valence-electron chi connectivity index (χ4n) is 8.61. The number of carbonyl (C=O) groups excluding carboxylic acids is 2. The highest BCUT2D eigenvalue weighted by Crippen LogP contribution is 2.38. The standard InChI is InChI=1S/C62H116NO8P/c1-6-8-10-12-14-16-18-20-21-22-23-24-25-26-27-28-29-30-31-32-33-34-35-36-37-38-39-40-41-43-45-47-49-51-53-55-62(65)71-60(59-70-72(66,67)69-57-56-63(3,4)5)58-68-61(64)54-52-50-48-46-44-42-19-17-15-13-11-9-7-2/h11,13,17-20,22-23,60H,6-10,12,14-16,21,24-59H2,1-5H3/b13-11-,19-17-,20-18-,23-22-. The summed E-state index contributed by atoms with van der Waals surface area (Å²) in [5.74, 6) is -0.841. The molecule has 9 nitrogen and oxygen atoms in total. The summed E-state index contributed by atoms with van der Waals surface area (Å²) in [5.41, 5.74) is 0. The minimum Gasteiger partial charge on any atom is -0.756 e. The molecule has 0 aliphatic carbocycles. The summed E-state index contributed by atoms with van der Waals surface area (Å²) in [7, 11) is 1.17. The van der Waals surface area contributed by atoms with Gasteiger partial charge in [0.25, 0.3) is 7.82 Å². The Morgan fingerprint density at radius 1 is 0.431 bits per heavy atom. The van der Waals surface area contributed by atoms with Gasteiger partial charge in [0.2, 0.25) is 0 Å². The zero-order valence-corrected chi connectivity index (χ0v) is 48.8. The predicted octanol–water partition coefficient (Wildman–Crippen LogP) is 18.3. The molecule has 0 radical (unpaired) electrons. The van der Waals surface area contributed by atoms with E-state index in [-0.39, 0.29) is 26.1 Å². The predicted molar refractivity (Wildman–Crippen MR) is 305 cm³/mol. The highest BCUT2D eigenvalue weighted by Gasteiger charge is 2.22. The molecular formula is C62H116NO8P. The van der Waals surface area contributed by atoms with Crippen LogP contribution in [0.25, 0.3) is 0 Å². The molecule has 72 heavy (non-hydrogen) atoms. The van der Waals surface area contributed by atoms with Crippen molar-refractivity contribution >= 4 is 19.8 Å². The van der Waals surface area contributed by atoms with Crippen LogP contribution in [0, 0.1) is 0 Å². The van der Waals surface area contributed by atoms with Gasteiger partial charge in [-0.15, -0.1) is 0 Å². The maximum Gasteiger partial charge on any atom is 0.306 e. The first-order valence-corrected chi connectivity index (χ1v) is 31.8. The van der Waals surface area contributed by atoms with Crippen molar-refractivity contribution in [2.24, 2.45) is 0 Å². The number of hydrogen-bond donors (Lipinski definition) is 0. The SMILES string of the molecule is CCC/C=C\C/C=C\CCCCCCCC(=O)OCC(COP(=O)([O-])OCC[N+](C)(C)C)OC(=O)CCCCCCCCCCCCCCCCCCCCCCCCC/C=C\C/C=C\CCCCCCC. The number of phosphoric ester groups is 1. The van der Waals surface area contributed by atoms with E-state index < -0.39 is 32.5 Å². The fraction of sp³-hybridized carbons (Fsp3) is 0.839. The van der Waals surface area contributed by atoms with Crippen molar-refractivity contribution < 1.29 is 42.1 Å². The van der Waals surface area contributed by atoms with Crippen LogP contribution in [0.4, 0.5) is 0 Å². The maximum atomic E-state index is 12.8. The number of carbonyl (C=O) groups is 2. The molecule has 422 valence electrons. The smallest absolute Gasteiger partial charge is 0.306 e. The number of quaternary nitrogens is 1. The zero-order chi connectivity index (χ0) is 52.7. The van der Waals surface area contributed by atoms with E-state index in [9.17, 15) is 19.0 Å². The van der Waals surface area contributed by atoms with Crippen LogP contribution < -0.4 is 4.89 Å². The van der Waals surface area contributed by atoms with Crippen LogP contribution in [-0.4, -0.2) is 70.0 Å². The highest BCUT2D eigenvalue weighted by molar-refractivity contribution is 7.45. The van der Waals surface area contributed by atoms with Crippen LogP contribution in [0.5, 0.6) is 0 Å². The number of esters is 2. The second-order valence-electron chi connectivity index (χ2n) is 21.7. The second kappa shape index (κ2) is 53.8. The van der Waals surface area contributed by atoms with Crippen molar-refractivity contribution in [3.63, 3.8) is 0 Å². The highest BCUT2D eigenvalue weighted by atomic mass is 31.2. The molecular weight excluding hydrogens is 918 g/mol. The monoisotopic (exact) mass is 1030 g/mol. The molecule has 0 heterocycles. The third-order valence-corrected chi connectivity index (χ3v) is 14.3. The van der Waals surface area contributed by atoms with Gasteiger partial charge in [0.15, 0.2) is 6.10 Å². The van der Waals surface area contributed by atoms with E-state index in [2.05, 4.69) is 62.5 Å². The maximum absolute atomic E-state index is 12.8. The van der Waals surface area contributed by atoms with E-state index in [1.807, 2.05) is 21.1 Å². The summed E-state index contributed by atoms with van der Waals surface area (Å²) in [5, 5.41) is 0. The van der Waals surface area contributed by atoms with Crippen LogP contribution in [0.15, 0.2) is 48.6 Å². The van der Waals surface area contributed by atoms with Crippen molar-refractivity contribution in [3.05, 3.63) is 48.6 Å². The Balaban J connectivity index is 3.94. The molecule has 0 fully saturated rings. The molecule has 0 aromatic heterocycles. The van der Waals surface area contributed by atoms with E-state index in [1.165, 1.54) is 180 Å². The van der Waals surface area contributed by atoms with E-state index in [4.69, 9.17) is 18.5 Å². The van der Waals surface area contributed by atoms with Crippen molar-refractivity contribution in [2.45, 2.75) is 290 Å². The molecule has 0 aliphatic heterocycles. The summed E-state index contributed by atoms with van der Waals surface area (Å²) >= 11 is 0. The first-order chi connectivity index (χ1) is 35.0. The third kappa shape index (κ3) is 57.3. The Kier molecular flexibility index (Phi) is 52.3. The third-order valence-electron chi connectivity index (χ3n) is 13.3. The number of unbranched alkanes of at least 4 members (excludes halogenated alkanes) is 34. The number of hydrogen-bond acceptors (Lipinski definition) is 8. The van der Waals surface area contributed by atoms with Gasteiger partial charge in [-0.05, 0) is 70.6 Å². The Hall–Kier alpha value is -2.03. The molecule has 0 aromatic carbocycles. The van der Waals surface area contributed by atoms with Crippen LogP contribution in [0.1, 0.15) is 284 Å². The largest absolute Gasteiger partial charge is 0.756 e. The molecule has 0 saturated carbocycles. The Bertz CT molecular complexity index is 1360. The van der Waals surface area contributed by atoms with Gasteiger partial charge < -0.3 is 27.9 Å². The summed E-state index contributed by atoms with van der Waals surface area (Å²) < 4.78 is 34.1. The average Bonchev–Trinajstić information content (AvgIpc) is 3.34. The van der Waals surface area contributed by atoms with E-state index >= 15 is 0 Å². The molecule has 10 heteroatoms. The second-order valence-corrected chi connectivity index (χ2v) is 23.1. The molecule has 0 amide bonds. The summed E-state index contributed by atoms with van der Waals surface area (Å²) in [6, 6.07) is 0. The van der Waals surface area contributed by atoms with Gasteiger partial charge in [0.05, 0.1) is 27.7 Å². The lowest BCUT2D eigenvalue weighted by Crippen LogP contribution is -2.37. The van der Waals surface area contributed by atoms with Gasteiger partial charge in [-0.25, -0.2) is 0 Å². The average molecular weight is 1030 g/mol. The molecule has 0 aliphatic rings.